The number of hydrogen-bond donors (Lipinski definition) is 4. The highest BCUT2D eigenvalue weighted by Gasteiger charge is 2.17. The molecule has 0 bridgehead atoms. The summed E-state index contributed by atoms with van der Waals surface area (Å²) in [5.41, 5.74) is 6.72. The number of thioether (sulfide) groups is 1. The number of carboxylic acids is 1. The quantitative estimate of drug-likeness (QED) is 0.557. The number of benzene rings is 1. The highest BCUT2D eigenvalue weighted by atomic mass is 32.2. The minimum Gasteiger partial charge on any atom is -0.508 e. The molecule has 1 aromatic rings. The second-order valence-corrected chi connectivity index (χ2v) is 4.88. The SMILES string of the molecule is CSCCC(NCc1c(N)cccc1O)C(=O)O. The van der Waals surface area contributed by atoms with E-state index >= 15 is 0 Å². The van der Waals surface area contributed by atoms with Gasteiger partial charge in [0.2, 0.25) is 0 Å². The lowest BCUT2D eigenvalue weighted by Crippen LogP contribution is -2.36. The Labute approximate surface area is 110 Å². The van der Waals surface area contributed by atoms with Gasteiger partial charge in [-0.15, -0.1) is 0 Å². The fourth-order valence-electron chi connectivity index (χ4n) is 1.56. The summed E-state index contributed by atoms with van der Waals surface area (Å²) in [6.45, 7) is 0.240. The second-order valence-electron chi connectivity index (χ2n) is 3.90. The predicted molar refractivity (Wildman–Crippen MR) is 73.8 cm³/mol. The van der Waals surface area contributed by atoms with Crippen molar-refractivity contribution in [2.75, 3.05) is 17.7 Å². The Hall–Kier alpha value is -1.40. The van der Waals surface area contributed by atoms with Crippen molar-refractivity contribution >= 4 is 23.4 Å². The Bertz CT molecular complexity index is 392. The van der Waals surface area contributed by atoms with Gasteiger partial charge < -0.3 is 21.3 Å². The molecule has 5 N–H and O–H groups in total. The van der Waals surface area contributed by atoms with Crippen molar-refractivity contribution < 1.29 is 15.0 Å². The van der Waals surface area contributed by atoms with Gasteiger partial charge in [0.05, 0.1) is 0 Å². The monoisotopic (exact) mass is 270 g/mol. The van der Waals surface area contributed by atoms with Crippen LogP contribution in [0.4, 0.5) is 5.69 Å². The normalized spacial score (nSPS) is 12.3. The van der Waals surface area contributed by atoms with Gasteiger partial charge in [-0.25, -0.2) is 0 Å². The number of aliphatic carboxylic acids is 1. The second kappa shape index (κ2) is 7.13. The molecule has 0 aliphatic carbocycles. The molecule has 0 aliphatic heterocycles. The third-order valence-corrected chi connectivity index (χ3v) is 3.27. The summed E-state index contributed by atoms with van der Waals surface area (Å²) in [6.07, 6.45) is 2.46. The van der Waals surface area contributed by atoms with E-state index in [9.17, 15) is 9.90 Å². The molecule has 5 nitrogen and oxygen atoms in total. The first-order valence-electron chi connectivity index (χ1n) is 5.57. The van der Waals surface area contributed by atoms with Crippen molar-refractivity contribution in [3.8, 4) is 5.75 Å². The van der Waals surface area contributed by atoms with Gasteiger partial charge in [0.1, 0.15) is 11.8 Å². The number of anilines is 1. The van der Waals surface area contributed by atoms with Crippen LogP contribution in [0, 0.1) is 0 Å². The summed E-state index contributed by atoms with van der Waals surface area (Å²) < 4.78 is 0. The van der Waals surface area contributed by atoms with Crippen molar-refractivity contribution in [3.05, 3.63) is 23.8 Å². The number of phenolic OH excluding ortho intramolecular Hbond substituents is 1. The van der Waals surface area contributed by atoms with E-state index in [0.717, 1.165) is 5.75 Å². The molecule has 6 heteroatoms. The van der Waals surface area contributed by atoms with Gasteiger partial charge in [-0.3, -0.25) is 4.79 Å². The molecule has 18 heavy (non-hydrogen) atoms. The zero-order chi connectivity index (χ0) is 13.5. The molecule has 0 fully saturated rings. The third-order valence-electron chi connectivity index (χ3n) is 2.62. The van der Waals surface area contributed by atoms with E-state index in [0.29, 0.717) is 17.7 Å². The van der Waals surface area contributed by atoms with Crippen molar-refractivity contribution in [2.45, 2.75) is 19.0 Å². The Balaban J connectivity index is 2.64. The van der Waals surface area contributed by atoms with Gasteiger partial charge in [-0.2, -0.15) is 11.8 Å². The maximum atomic E-state index is 11.0. The molecular formula is C12H18N2O3S. The number of rotatable bonds is 7. The van der Waals surface area contributed by atoms with E-state index in [4.69, 9.17) is 10.8 Å². The molecule has 0 amide bonds. The first-order chi connectivity index (χ1) is 8.56. The molecule has 1 atom stereocenters. The van der Waals surface area contributed by atoms with E-state index < -0.39 is 12.0 Å². The molecule has 0 aromatic heterocycles. The summed E-state index contributed by atoms with van der Waals surface area (Å²) in [5.74, 6) is -0.0465. The topological polar surface area (TPSA) is 95.6 Å². The number of hydrogen-bond acceptors (Lipinski definition) is 5. The molecule has 1 aromatic carbocycles. The first kappa shape index (κ1) is 14.7. The number of nitrogens with one attached hydrogen (secondary N) is 1. The highest BCUT2D eigenvalue weighted by Crippen LogP contribution is 2.22. The highest BCUT2D eigenvalue weighted by molar-refractivity contribution is 7.98. The molecule has 100 valence electrons. The fraction of sp³-hybridized carbons (Fsp3) is 0.417. The average Bonchev–Trinajstić information content (AvgIpc) is 2.31. The summed E-state index contributed by atoms with van der Waals surface area (Å²) in [6, 6.07) is 4.23. The molecule has 0 radical (unpaired) electrons. The van der Waals surface area contributed by atoms with Gasteiger partial charge in [0.15, 0.2) is 0 Å². The third kappa shape index (κ3) is 4.12. The molecule has 0 spiro atoms. The number of carbonyl (C=O) groups is 1. The minimum absolute atomic E-state index is 0.0801. The Morgan fingerprint density at radius 3 is 2.83 bits per heavy atom. The molecule has 0 saturated heterocycles. The number of carboxylic acid groups (broad SMARTS) is 1. The smallest absolute Gasteiger partial charge is 0.320 e. The van der Waals surface area contributed by atoms with Crippen LogP contribution in [0.2, 0.25) is 0 Å². The molecule has 1 unspecified atom stereocenters. The van der Waals surface area contributed by atoms with Crippen molar-refractivity contribution in [3.63, 3.8) is 0 Å². The van der Waals surface area contributed by atoms with Crippen molar-refractivity contribution in [1.82, 2.24) is 5.32 Å². The van der Waals surface area contributed by atoms with Crippen LogP contribution < -0.4 is 11.1 Å². The van der Waals surface area contributed by atoms with Crippen molar-refractivity contribution in [1.29, 1.82) is 0 Å². The lowest BCUT2D eigenvalue weighted by atomic mass is 10.1. The number of nitrogens with two attached hydrogens (primary N) is 1. The molecular weight excluding hydrogens is 252 g/mol. The van der Waals surface area contributed by atoms with E-state index in [1.165, 1.54) is 6.07 Å². The zero-order valence-electron chi connectivity index (χ0n) is 10.2. The van der Waals surface area contributed by atoms with Gasteiger partial charge in [-0.1, -0.05) is 6.07 Å². The minimum atomic E-state index is -0.891. The first-order valence-corrected chi connectivity index (χ1v) is 6.97. The number of phenols is 1. The van der Waals surface area contributed by atoms with Crippen LogP contribution in [0.15, 0.2) is 18.2 Å². The van der Waals surface area contributed by atoms with E-state index in [-0.39, 0.29) is 12.3 Å². The summed E-state index contributed by atoms with van der Waals surface area (Å²) in [5, 5.41) is 21.6. The fourth-order valence-corrected chi connectivity index (χ4v) is 2.03. The summed E-state index contributed by atoms with van der Waals surface area (Å²) in [4.78, 5) is 11.0. The van der Waals surface area contributed by atoms with Gasteiger partial charge >= 0.3 is 5.97 Å². The van der Waals surface area contributed by atoms with Crippen molar-refractivity contribution in [2.24, 2.45) is 0 Å². The van der Waals surface area contributed by atoms with Crippen LogP contribution in [0.5, 0.6) is 5.75 Å². The lowest BCUT2D eigenvalue weighted by Gasteiger charge is -2.15. The molecule has 0 aliphatic rings. The average molecular weight is 270 g/mol. The maximum absolute atomic E-state index is 11.0. The van der Waals surface area contributed by atoms with Crippen LogP contribution >= 0.6 is 11.8 Å². The van der Waals surface area contributed by atoms with Crippen LogP contribution in [0.1, 0.15) is 12.0 Å². The predicted octanol–water partition coefficient (Wildman–Crippen LogP) is 1.27. The Morgan fingerprint density at radius 2 is 2.28 bits per heavy atom. The van der Waals surface area contributed by atoms with E-state index in [1.54, 1.807) is 23.9 Å². The summed E-state index contributed by atoms with van der Waals surface area (Å²) in [7, 11) is 0. The zero-order valence-corrected chi connectivity index (χ0v) is 11.0. The van der Waals surface area contributed by atoms with Gasteiger partial charge in [0.25, 0.3) is 0 Å². The maximum Gasteiger partial charge on any atom is 0.320 e. The summed E-state index contributed by atoms with van der Waals surface area (Å²) >= 11 is 1.60. The van der Waals surface area contributed by atoms with Gasteiger partial charge in [-0.05, 0) is 30.6 Å². The lowest BCUT2D eigenvalue weighted by molar-refractivity contribution is -0.139. The number of nitrogen functional groups attached to an aromatic ring is 1. The largest absolute Gasteiger partial charge is 0.508 e. The Kier molecular flexibility index (Phi) is 5.80. The molecule has 0 heterocycles. The standard InChI is InChI=1S/C12H18N2O3S/c1-18-6-5-10(12(16)17)14-7-8-9(13)3-2-4-11(8)15/h2-4,10,14-15H,5-7,13H2,1H3,(H,16,17). The number of aromatic hydroxyl groups is 1. The van der Waals surface area contributed by atoms with Crippen LogP contribution in [0.3, 0.4) is 0 Å². The van der Waals surface area contributed by atoms with E-state index in [2.05, 4.69) is 5.32 Å². The molecule has 1 rings (SSSR count). The van der Waals surface area contributed by atoms with Crippen LogP contribution in [0.25, 0.3) is 0 Å². The van der Waals surface area contributed by atoms with Crippen LogP contribution in [-0.2, 0) is 11.3 Å². The van der Waals surface area contributed by atoms with E-state index in [1.807, 2.05) is 6.26 Å². The Morgan fingerprint density at radius 1 is 1.56 bits per heavy atom. The van der Waals surface area contributed by atoms with Gasteiger partial charge in [0, 0.05) is 17.8 Å². The molecule has 0 saturated carbocycles. The van der Waals surface area contributed by atoms with Crippen LogP contribution in [-0.4, -0.2) is 34.2 Å².